The van der Waals surface area contributed by atoms with E-state index in [1.54, 1.807) is 18.4 Å². The van der Waals surface area contributed by atoms with Gasteiger partial charge >= 0.3 is 0 Å². The topological polar surface area (TPSA) is 32.3 Å². The Morgan fingerprint density at radius 2 is 2.21 bits per heavy atom. The Kier molecular flexibility index (Phi) is 4.16. The van der Waals surface area contributed by atoms with Crippen molar-refractivity contribution in [3.05, 3.63) is 29.6 Å². The fraction of sp³-hybridized carbons (Fsp3) is 0.500. The van der Waals surface area contributed by atoms with Crippen LogP contribution in [0.2, 0.25) is 0 Å². The maximum atomic E-state index is 13.4. The molecule has 0 radical (unpaired) electrons. The van der Waals surface area contributed by atoms with E-state index in [1.807, 2.05) is 4.90 Å². The number of nitrogens with one attached hydrogen (secondary N) is 1. The number of hydrogen-bond donors (Lipinski definition) is 1. The van der Waals surface area contributed by atoms with E-state index in [-0.39, 0.29) is 17.3 Å². The summed E-state index contributed by atoms with van der Waals surface area (Å²) in [7, 11) is 0. The van der Waals surface area contributed by atoms with Crippen molar-refractivity contribution in [3.8, 4) is 0 Å². The Bertz CT molecular complexity index is 490. The first kappa shape index (κ1) is 14.3. The molecule has 0 aromatic heterocycles. The number of amides is 1. The highest BCUT2D eigenvalue weighted by atomic mass is 32.2. The van der Waals surface area contributed by atoms with Gasteiger partial charge in [-0.05, 0) is 38.3 Å². The molecule has 5 heteroatoms. The fourth-order valence-electron chi connectivity index (χ4n) is 2.29. The molecule has 1 heterocycles. The van der Waals surface area contributed by atoms with E-state index in [2.05, 4.69) is 19.2 Å². The Morgan fingerprint density at radius 1 is 1.47 bits per heavy atom. The number of benzene rings is 1. The molecule has 1 saturated heterocycles. The lowest BCUT2D eigenvalue weighted by Crippen LogP contribution is -2.58. The number of carbonyl (C=O) groups excluding carboxylic acids is 1. The van der Waals surface area contributed by atoms with Crippen LogP contribution in [-0.2, 0) is 0 Å². The van der Waals surface area contributed by atoms with Crippen molar-refractivity contribution in [2.45, 2.75) is 24.3 Å². The Labute approximate surface area is 117 Å². The lowest BCUT2D eigenvalue weighted by atomic mass is 10.0. The van der Waals surface area contributed by atoms with Gasteiger partial charge in [0, 0.05) is 35.6 Å². The van der Waals surface area contributed by atoms with E-state index < -0.39 is 0 Å². The number of carbonyl (C=O) groups is 1. The Morgan fingerprint density at radius 3 is 2.84 bits per heavy atom. The minimum absolute atomic E-state index is 0.0233. The molecule has 1 aromatic carbocycles. The zero-order chi connectivity index (χ0) is 14.0. The van der Waals surface area contributed by atoms with Crippen molar-refractivity contribution >= 4 is 17.7 Å². The maximum absolute atomic E-state index is 13.4. The van der Waals surface area contributed by atoms with Gasteiger partial charge in [0.1, 0.15) is 5.82 Å². The SMILES string of the molecule is CSc1cc(C(=O)N2CCNC(C)(C)C2)ccc1F. The second-order valence-electron chi connectivity index (χ2n) is 5.39. The van der Waals surface area contributed by atoms with Gasteiger partial charge in [0.2, 0.25) is 0 Å². The molecule has 1 aliphatic rings. The van der Waals surface area contributed by atoms with E-state index in [1.165, 1.54) is 17.8 Å². The molecule has 1 fully saturated rings. The van der Waals surface area contributed by atoms with Gasteiger partial charge in [0.15, 0.2) is 0 Å². The van der Waals surface area contributed by atoms with E-state index in [9.17, 15) is 9.18 Å². The smallest absolute Gasteiger partial charge is 0.254 e. The fourth-order valence-corrected chi connectivity index (χ4v) is 2.80. The highest BCUT2D eigenvalue weighted by Crippen LogP contribution is 2.22. The number of halogens is 1. The van der Waals surface area contributed by atoms with Gasteiger partial charge in [-0.1, -0.05) is 0 Å². The first-order chi connectivity index (χ1) is 8.93. The molecule has 104 valence electrons. The van der Waals surface area contributed by atoms with Crippen LogP contribution >= 0.6 is 11.8 Å². The number of hydrogen-bond acceptors (Lipinski definition) is 3. The van der Waals surface area contributed by atoms with Crippen LogP contribution in [-0.4, -0.2) is 42.2 Å². The summed E-state index contributed by atoms with van der Waals surface area (Å²) >= 11 is 1.32. The third kappa shape index (κ3) is 3.28. The minimum atomic E-state index is -0.273. The van der Waals surface area contributed by atoms with Crippen molar-refractivity contribution in [3.63, 3.8) is 0 Å². The molecule has 1 N–H and O–H groups in total. The highest BCUT2D eigenvalue weighted by Gasteiger charge is 2.29. The molecule has 3 nitrogen and oxygen atoms in total. The molecule has 0 spiro atoms. The average molecular weight is 282 g/mol. The normalized spacial score (nSPS) is 18.4. The van der Waals surface area contributed by atoms with Crippen molar-refractivity contribution in [2.24, 2.45) is 0 Å². The second-order valence-corrected chi connectivity index (χ2v) is 6.23. The molecule has 1 aliphatic heterocycles. The molecule has 19 heavy (non-hydrogen) atoms. The van der Waals surface area contributed by atoms with Crippen molar-refractivity contribution in [2.75, 3.05) is 25.9 Å². The number of nitrogens with zero attached hydrogens (tertiary/aromatic N) is 1. The minimum Gasteiger partial charge on any atom is -0.336 e. The highest BCUT2D eigenvalue weighted by molar-refractivity contribution is 7.98. The Balaban J connectivity index is 2.19. The molecule has 1 amide bonds. The van der Waals surface area contributed by atoms with Crippen LogP contribution in [0.4, 0.5) is 4.39 Å². The predicted molar refractivity (Wildman–Crippen MR) is 76.2 cm³/mol. The van der Waals surface area contributed by atoms with E-state index in [4.69, 9.17) is 0 Å². The first-order valence-electron chi connectivity index (χ1n) is 6.31. The van der Waals surface area contributed by atoms with Gasteiger partial charge in [-0.15, -0.1) is 11.8 Å². The van der Waals surface area contributed by atoms with Gasteiger partial charge in [-0.25, -0.2) is 4.39 Å². The standard InChI is InChI=1S/C14H19FN2OS/c1-14(2)9-17(7-6-16-14)13(18)10-4-5-11(15)12(8-10)19-3/h4-5,8,16H,6-7,9H2,1-3H3. The van der Waals surface area contributed by atoms with Crippen molar-refractivity contribution < 1.29 is 9.18 Å². The largest absolute Gasteiger partial charge is 0.336 e. The summed E-state index contributed by atoms with van der Waals surface area (Å²) in [5.74, 6) is -0.297. The summed E-state index contributed by atoms with van der Waals surface area (Å²) in [4.78, 5) is 14.8. The zero-order valence-corrected chi connectivity index (χ0v) is 12.3. The van der Waals surface area contributed by atoms with Gasteiger partial charge in [-0.3, -0.25) is 4.79 Å². The number of rotatable bonds is 2. The summed E-state index contributed by atoms with van der Waals surface area (Å²) in [5, 5.41) is 3.37. The van der Waals surface area contributed by atoms with Crippen LogP contribution in [0.1, 0.15) is 24.2 Å². The predicted octanol–water partition coefficient (Wildman–Crippen LogP) is 2.37. The summed E-state index contributed by atoms with van der Waals surface area (Å²) in [6, 6.07) is 4.57. The van der Waals surface area contributed by atoms with Gasteiger partial charge in [0.25, 0.3) is 5.91 Å². The average Bonchev–Trinajstić information content (AvgIpc) is 2.37. The lowest BCUT2D eigenvalue weighted by Gasteiger charge is -2.39. The van der Waals surface area contributed by atoms with Crippen LogP contribution in [0, 0.1) is 5.82 Å². The van der Waals surface area contributed by atoms with Crippen LogP contribution in [0.15, 0.2) is 23.1 Å². The lowest BCUT2D eigenvalue weighted by molar-refractivity contribution is 0.0652. The third-order valence-electron chi connectivity index (χ3n) is 3.26. The third-order valence-corrected chi connectivity index (χ3v) is 4.01. The summed E-state index contributed by atoms with van der Waals surface area (Å²) in [6.45, 7) is 6.29. The van der Waals surface area contributed by atoms with Crippen LogP contribution in [0.3, 0.4) is 0 Å². The van der Waals surface area contributed by atoms with E-state index in [0.717, 1.165) is 6.54 Å². The molecule has 0 aliphatic carbocycles. The van der Waals surface area contributed by atoms with Crippen molar-refractivity contribution in [1.82, 2.24) is 10.2 Å². The molecule has 0 atom stereocenters. The summed E-state index contributed by atoms with van der Waals surface area (Å²) in [5.41, 5.74) is 0.486. The quantitative estimate of drug-likeness (QED) is 0.845. The van der Waals surface area contributed by atoms with Crippen LogP contribution in [0.25, 0.3) is 0 Å². The van der Waals surface area contributed by atoms with Crippen LogP contribution < -0.4 is 5.32 Å². The second kappa shape index (κ2) is 5.51. The summed E-state index contributed by atoms with van der Waals surface area (Å²) in [6.07, 6.45) is 1.81. The zero-order valence-electron chi connectivity index (χ0n) is 11.5. The number of piperazine rings is 1. The molecule has 2 rings (SSSR count). The molecular formula is C14H19FN2OS. The van der Waals surface area contributed by atoms with E-state index >= 15 is 0 Å². The van der Waals surface area contributed by atoms with E-state index in [0.29, 0.717) is 23.5 Å². The van der Waals surface area contributed by atoms with Gasteiger partial charge < -0.3 is 10.2 Å². The molecule has 0 saturated carbocycles. The molecule has 0 bridgehead atoms. The van der Waals surface area contributed by atoms with Gasteiger partial charge in [0.05, 0.1) is 0 Å². The monoisotopic (exact) mass is 282 g/mol. The van der Waals surface area contributed by atoms with Gasteiger partial charge in [-0.2, -0.15) is 0 Å². The molecule has 1 aromatic rings. The first-order valence-corrected chi connectivity index (χ1v) is 7.53. The Hall–Kier alpha value is -1.07. The molecular weight excluding hydrogens is 263 g/mol. The number of thioether (sulfide) groups is 1. The molecule has 0 unspecified atom stereocenters. The van der Waals surface area contributed by atoms with Crippen molar-refractivity contribution in [1.29, 1.82) is 0 Å². The maximum Gasteiger partial charge on any atom is 0.254 e. The summed E-state index contributed by atoms with van der Waals surface area (Å²) < 4.78 is 13.4. The van der Waals surface area contributed by atoms with Crippen LogP contribution in [0.5, 0.6) is 0 Å².